The first-order valence-corrected chi connectivity index (χ1v) is 8.08. The van der Waals surface area contributed by atoms with E-state index in [1.807, 2.05) is 6.92 Å². The molecular weight excluding hydrogens is 297 g/mol. The molecule has 5 nitrogen and oxygen atoms in total. The van der Waals surface area contributed by atoms with Crippen molar-refractivity contribution in [3.05, 3.63) is 35.6 Å². The monoisotopic (exact) mass is 321 g/mol. The van der Waals surface area contributed by atoms with Gasteiger partial charge in [-0.1, -0.05) is 31.5 Å². The van der Waals surface area contributed by atoms with E-state index >= 15 is 0 Å². The Morgan fingerprint density at radius 3 is 2.39 bits per heavy atom. The number of piperazine rings is 1. The summed E-state index contributed by atoms with van der Waals surface area (Å²) in [4.78, 5) is 27.8. The number of nitrogens with zero attached hydrogens (tertiary/aromatic N) is 2. The average molecular weight is 321 g/mol. The number of amides is 2. The molecule has 2 rings (SSSR count). The molecule has 0 radical (unpaired) electrons. The fourth-order valence-corrected chi connectivity index (χ4v) is 2.76. The number of rotatable bonds is 5. The molecule has 0 saturated carbocycles. The molecule has 1 aliphatic rings. The van der Waals surface area contributed by atoms with Gasteiger partial charge in [0.25, 0.3) is 0 Å². The summed E-state index contributed by atoms with van der Waals surface area (Å²) in [7, 11) is 0. The van der Waals surface area contributed by atoms with Crippen molar-refractivity contribution >= 4 is 11.8 Å². The third kappa shape index (κ3) is 4.51. The van der Waals surface area contributed by atoms with E-state index in [1.54, 1.807) is 28.0 Å². The molecule has 0 aliphatic carbocycles. The van der Waals surface area contributed by atoms with Gasteiger partial charge in [0.15, 0.2) is 0 Å². The Kier molecular flexibility index (Phi) is 6.10. The van der Waals surface area contributed by atoms with E-state index < -0.39 is 6.04 Å². The van der Waals surface area contributed by atoms with Gasteiger partial charge in [-0.15, -0.1) is 0 Å². The lowest BCUT2D eigenvalue weighted by Gasteiger charge is -2.36. The van der Waals surface area contributed by atoms with Crippen LogP contribution in [0.2, 0.25) is 0 Å². The van der Waals surface area contributed by atoms with Gasteiger partial charge in [0.05, 0.1) is 12.5 Å². The van der Waals surface area contributed by atoms with Crippen LogP contribution in [0.3, 0.4) is 0 Å². The summed E-state index contributed by atoms with van der Waals surface area (Å²) < 4.78 is 13.6. The van der Waals surface area contributed by atoms with Crippen molar-refractivity contribution in [2.45, 2.75) is 32.2 Å². The zero-order valence-corrected chi connectivity index (χ0v) is 13.5. The fraction of sp³-hybridized carbons (Fsp3) is 0.529. The van der Waals surface area contributed by atoms with Gasteiger partial charge < -0.3 is 15.5 Å². The van der Waals surface area contributed by atoms with Crippen molar-refractivity contribution in [1.29, 1.82) is 0 Å². The number of carbonyl (C=O) groups is 2. The SMILES string of the molecule is CCCC(N)C(=O)N1CCN(C(=O)Cc2ccccc2F)CC1. The minimum Gasteiger partial charge on any atom is -0.339 e. The van der Waals surface area contributed by atoms with Crippen LogP contribution in [0.1, 0.15) is 25.3 Å². The van der Waals surface area contributed by atoms with Gasteiger partial charge >= 0.3 is 0 Å². The highest BCUT2D eigenvalue weighted by Gasteiger charge is 2.27. The summed E-state index contributed by atoms with van der Waals surface area (Å²) >= 11 is 0. The predicted octanol–water partition coefficient (Wildman–Crippen LogP) is 1.17. The molecule has 1 unspecified atom stereocenters. The van der Waals surface area contributed by atoms with E-state index in [4.69, 9.17) is 5.73 Å². The number of halogens is 1. The highest BCUT2D eigenvalue weighted by molar-refractivity contribution is 5.82. The van der Waals surface area contributed by atoms with Crippen LogP contribution in [0.5, 0.6) is 0 Å². The minimum absolute atomic E-state index is 0.0481. The molecule has 126 valence electrons. The molecule has 0 spiro atoms. The molecule has 0 aromatic heterocycles. The lowest BCUT2D eigenvalue weighted by Crippen LogP contribution is -2.54. The van der Waals surface area contributed by atoms with E-state index in [9.17, 15) is 14.0 Å². The lowest BCUT2D eigenvalue weighted by atomic mass is 10.1. The fourth-order valence-electron chi connectivity index (χ4n) is 2.76. The minimum atomic E-state index is -0.458. The molecule has 1 saturated heterocycles. The zero-order valence-electron chi connectivity index (χ0n) is 13.5. The maximum atomic E-state index is 13.6. The topological polar surface area (TPSA) is 66.6 Å². The van der Waals surface area contributed by atoms with Crippen LogP contribution >= 0.6 is 0 Å². The first-order valence-electron chi connectivity index (χ1n) is 8.08. The third-order valence-corrected chi connectivity index (χ3v) is 4.16. The molecule has 1 atom stereocenters. The van der Waals surface area contributed by atoms with E-state index in [-0.39, 0.29) is 24.1 Å². The maximum Gasteiger partial charge on any atom is 0.239 e. The van der Waals surface area contributed by atoms with Gasteiger partial charge in [-0.05, 0) is 18.1 Å². The highest BCUT2D eigenvalue weighted by Crippen LogP contribution is 2.11. The summed E-state index contributed by atoms with van der Waals surface area (Å²) in [6.45, 7) is 3.90. The number of nitrogens with two attached hydrogens (primary N) is 1. The molecule has 2 N–H and O–H groups in total. The number of carbonyl (C=O) groups excluding carboxylic acids is 2. The second-order valence-corrected chi connectivity index (χ2v) is 5.87. The van der Waals surface area contributed by atoms with E-state index in [1.165, 1.54) is 6.07 Å². The Bertz CT molecular complexity index is 557. The van der Waals surface area contributed by atoms with Crippen LogP contribution in [0, 0.1) is 5.82 Å². The van der Waals surface area contributed by atoms with Crippen molar-refractivity contribution < 1.29 is 14.0 Å². The standard InChI is InChI=1S/C17H24FN3O2/c1-2-5-15(19)17(23)21-10-8-20(9-11-21)16(22)12-13-6-3-4-7-14(13)18/h3-4,6-7,15H,2,5,8-12,19H2,1H3. The maximum absolute atomic E-state index is 13.6. The highest BCUT2D eigenvalue weighted by atomic mass is 19.1. The summed E-state index contributed by atoms with van der Waals surface area (Å²) in [6.07, 6.45) is 1.59. The number of hydrogen-bond donors (Lipinski definition) is 1. The first-order chi connectivity index (χ1) is 11.0. The van der Waals surface area contributed by atoms with Gasteiger partial charge in [-0.25, -0.2) is 4.39 Å². The van der Waals surface area contributed by atoms with Crippen LogP contribution in [0.4, 0.5) is 4.39 Å². The lowest BCUT2D eigenvalue weighted by molar-refractivity contribution is -0.140. The summed E-state index contributed by atoms with van der Waals surface area (Å²) in [6, 6.07) is 5.84. The Labute approximate surface area is 136 Å². The van der Waals surface area contributed by atoms with E-state index in [0.717, 1.165) is 6.42 Å². The zero-order chi connectivity index (χ0) is 16.8. The molecule has 23 heavy (non-hydrogen) atoms. The van der Waals surface area contributed by atoms with Gasteiger partial charge in [0.1, 0.15) is 5.82 Å². The van der Waals surface area contributed by atoms with Crippen molar-refractivity contribution in [2.75, 3.05) is 26.2 Å². The van der Waals surface area contributed by atoms with Crippen molar-refractivity contribution in [3.63, 3.8) is 0 Å². The van der Waals surface area contributed by atoms with Gasteiger partial charge in [-0.3, -0.25) is 9.59 Å². The summed E-state index contributed by atoms with van der Waals surface area (Å²) in [5.41, 5.74) is 6.26. The molecule has 0 bridgehead atoms. The van der Waals surface area contributed by atoms with Crippen LogP contribution < -0.4 is 5.73 Å². The van der Waals surface area contributed by atoms with Crippen molar-refractivity contribution in [2.24, 2.45) is 5.73 Å². The normalized spacial score (nSPS) is 16.3. The van der Waals surface area contributed by atoms with Gasteiger partial charge in [-0.2, -0.15) is 0 Å². The molecule has 6 heteroatoms. The van der Waals surface area contributed by atoms with Crippen LogP contribution in [0.15, 0.2) is 24.3 Å². The second kappa shape index (κ2) is 8.06. The molecule has 1 fully saturated rings. The van der Waals surface area contributed by atoms with E-state index in [0.29, 0.717) is 38.2 Å². The Morgan fingerprint density at radius 2 is 1.78 bits per heavy atom. The van der Waals surface area contributed by atoms with Crippen LogP contribution in [0.25, 0.3) is 0 Å². The molecule has 2 amide bonds. The van der Waals surface area contributed by atoms with Crippen LogP contribution in [-0.4, -0.2) is 53.8 Å². The van der Waals surface area contributed by atoms with Gasteiger partial charge in [0, 0.05) is 26.2 Å². The Hall–Kier alpha value is -1.95. The average Bonchev–Trinajstić information content (AvgIpc) is 2.56. The third-order valence-electron chi connectivity index (χ3n) is 4.16. The van der Waals surface area contributed by atoms with Crippen molar-refractivity contribution in [3.8, 4) is 0 Å². The Balaban J connectivity index is 1.85. The largest absolute Gasteiger partial charge is 0.339 e. The molecule has 1 aliphatic heterocycles. The summed E-state index contributed by atoms with van der Waals surface area (Å²) in [5.74, 6) is -0.520. The number of benzene rings is 1. The number of hydrogen-bond acceptors (Lipinski definition) is 3. The van der Waals surface area contributed by atoms with Crippen LogP contribution in [-0.2, 0) is 16.0 Å². The van der Waals surface area contributed by atoms with Gasteiger partial charge in [0.2, 0.25) is 11.8 Å². The quantitative estimate of drug-likeness (QED) is 0.885. The van der Waals surface area contributed by atoms with E-state index in [2.05, 4.69) is 0 Å². The predicted molar refractivity (Wildman–Crippen MR) is 86.1 cm³/mol. The van der Waals surface area contributed by atoms with Crippen molar-refractivity contribution in [1.82, 2.24) is 9.80 Å². The molecule has 1 heterocycles. The first kappa shape index (κ1) is 17.4. The molecule has 1 aromatic rings. The Morgan fingerprint density at radius 1 is 1.17 bits per heavy atom. The smallest absolute Gasteiger partial charge is 0.239 e. The molecule has 1 aromatic carbocycles. The summed E-state index contributed by atoms with van der Waals surface area (Å²) in [5, 5.41) is 0. The molecular formula is C17H24FN3O2. The second-order valence-electron chi connectivity index (χ2n) is 5.87.